The van der Waals surface area contributed by atoms with Gasteiger partial charge in [-0.05, 0) is 52.9 Å². The summed E-state index contributed by atoms with van der Waals surface area (Å²) in [5, 5.41) is 0. The average molecular weight is 410 g/mol. The summed E-state index contributed by atoms with van der Waals surface area (Å²) < 4.78 is 51.2. The maximum Gasteiger partial charge on any atom is 0.244 e. The van der Waals surface area contributed by atoms with Gasteiger partial charge in [-0.3, -0.25) is 0 Å². The van der Waals surface area contributed by atoms with Crippen LogP contribution < -0.4 is 0 Å². The van der Waals surface area contributed by atoms with E-state index in [2.05, 4.69) is 15.9 Å². The minimum atomic E-state index is -3.72. The molecule has 1 fully saturated rings. The molecule has 1 aromatic rings. The van der Waals surface area contributed by atoms with Gasteiger partial charge in [-0.1, -0.05) is 13.8 Å². The van der Waals surface area contributed by atoms with Crippen molar-refractivity contribution < 1.29 is 16.8 Å². The van der Waals surface area contributed by atoms with E-state index < -0.39 is 19.9 Å². The Balaban J connectivity index is 2.52. The summed E-state index contributed by atoms with van der Waals surface area (Å²) in [4.78, 5) is 0.0255. The number of sulfone groups is 1. The molecule has 1 aliphatic carbocycles. The second-order valence-corrected chi connectivity index (χ2v) is 10.8. The van der Waals surface area contributed by atoms with Gasteiger partial charge in [0.05, 0.1) is 9.79 Å². The molecule has 0 aliphatic heterocycles. The highest BCUT2D eigenvalue weighted by molar-refractivity contribution is 9.10. The molecule has 0 amide bonds. The molecule has 22 heavy (non-hydrogen) atoms. The van der Waals surface area contributed by atoms with Crippen molar-refractivity contribution in [2.45, 2.75) is 42.5 Å². The summed E-state index contributed by atoms with van der Waals surface area (Å²) in [6.07, 6.45) is 2.78. The van der Waals surface area contributed by atoms with Crippen LogP contribution in [0.3, 0.4) is 0 Å². The molecule has 5 nitrogen and oxygen atoms in total. The van der Waals surface area contributed by atoms with E-state index in [-0.39, 0.29) is 21.8 Å². The van der Waals surface area contributed by atoms with E-state index in [1.54, 1.807) is 0 Å². The molecule has 1 aromatic carbocycles. The van der Waals surface area contributed by atoms with Crippen molar-refractivity contribution in [3.8, 4) is 0 Å². The van der Waals surface area contributed by atoms with Crippen molar-refractivity contribution >= 4 is 35.8 Å². The van der Waals surface area contributed by atoms with Crippen LogP contribution in [0, 0.1) is 5.92 Å². The normalized spacial score (nSPS) is 16.5. The largest absolute Gasteiger partial charge is 0.244 e. The third kappa shape index (κ3) is 3.90. The molecule has 8 heteroatoms. The molecule has 0 radical (unpaired) electrons. The van der Waals surface area contributed by atoms with E-state index in [0.717, 1.165) is 19.1 Å². The third-order valence-electron chi connectivity index (χ3n) is 3.42. The van der Waals surface area contributed by atoms with Gasteiger partial charge < -0.3 is 0 Å². The molecule has 0 saturated heterocycles. The molecule has 0 spiro atoms. The van der Waals surface area contributed by atoms with Crippen molar-refractivity contribution in [3.05, 3.63) is 22.7 Å². The Morgan fingerprint density at radius 1 is 1.23 bits per heavy atom. The summed E-state index contributed by atoms with van der Waals surface area (Å²) in [6, 6.07) is 4.15. The lowest BCUT2D eigenvalue weighted by Crippen LogP contribution is -2.36. The predicted molar refractivity (Wildman–Crippen MR) is 89.0 cm³/mol. The van der Waals surface area contributed by atoms with Crippen LogP contribution in [0.1, 0.15) is 26.7 Å². The van der Waals surface area contributed by atoms with Gasteiger partial charge in [0.25, 0.3) is 0 Å². The molecule has 2 rings (SSSR count). The van der Waals surface area contributed by atoms with Gasteiger partial charge in [-0.25, -0.2) is 16.8 Å². The molecular formula is C14H20BrNO4S2. The van der Waals surface area contributed by atoms with E-state index in [1.165, 1.54) is 22.5 Å². The Morgan fingerprint density at radius 3 is 2.27 bits per heavy atom. The summed E-state index contributed by atoms with van der Waals surface area (Å²) in [6.45, 7) is 4.36. The Hall–Kier alpha value is -0.440. The van der Waals surface area contributed by atoms with E-state index in [9.17, 15) is 16.8 Å². The molecular weight excluding hydrogens is 390 g/mol. The minimum absolute atomic E-state index is 0.00886. The van der Waals surface area contributed by atoms with Crippen molar-refractivity contribution in [2.24, 2.45) is 5.92 Å². The maximum absolute atomic E-state index is 13.0. The number of nitrogens with zero attached hydrogens (tertiary/aromatic N) is 1. The first-order chi connectivity index (χ1) is 10.0. The Kier molecular flexibility index (Phi) is 5.06. The average Bonchev–Trinajstić information content (AvgIpc) is 3.18. The second-order valence-electron chi connectivity index (χ2n) is 6.06. The molecule has 0 unspecified atom stereocenters. The maximum atomic E-state index is 13.0. The standard InChI is InChI=1S/C14H20BrNO4S2/c1-10(2)9-16(11-4-5-11)22(19,20)14-8-12(21(3,17)18)6-7-13(14)15/h6-8,10-11H,4-5,9H2,1-3H3. The van der Waals surface area contributed by atoms with Crippen LogP contribution in [-0.4, -0.2) is 40.0 Å². The highest BCUT2D eigenvalue weighted by atomic mass is 79.9. The zero-order valence-electron chi connectivity index (χ0n) is 12.8. The summed E-state index contributed by atoms with van der Waals surface area (Å²) in [5.74, 6) is 0.201. The number of sulfonamides is 1. The van der Waals surface area contributed by atoms with Crippen LogP contribution in [0.2, 0.25) is 0 Å². The Morgan fingerprint density at radius 2 is 1.82 bits per heavy atom. The highest BCUT2D eigenvalue weighted by Gasteiger charge is 2.39. The van der Waals surface area contributed by atoms with Gasteiger partial charge in [-0.2, -0.15) is 4.31 Å². The number of halogens is 1. The minimum Gasteiger partial charge on any atom is -0.224 e. The lowest BCUT2D eigenvalue weighted by molar-refractivity contribution is 0.360. The number of hydrogen-bond donors (Lipinski definition) is 0. The zero-order chi connectivity index (χ0) is 16.7. The van der Waals surface area contributed by atoms with Crippen LogP contribution in [0.15, 0.2) is 32.5 Å². The topological polar surface area (TPSA) is 71.5 Å². The van der Waals surface area contributed by atoms with Crippen molar-refractivity contribution in [2.75, 3.05) is 12.8 Å². The molecule has 0 atom stereocenters. The van der Waals surface area contributed by atoms with Gasteiger partial charge in [0.1, 0.15) is 0 Å². The fraction of sp³-hybridized carbons (Fsp3) is 0.571. The van der Waals surface area contributed by atoms with Crippen LogP contribution in [0.4, 0.5) is 0 Å². The fourth-order valence-electron chi connectivity index (χ4n) is 2.20. The fourth-order valence-corrected chi connectivity index (χ4v) is 5.73. The first-order valence-corrected chi connectivity index (χ1v) is 11.2. The first-order valence-electron chi connectivity index (χ1n) is 7.05. The first kappa shape index (κ1) is 17.9. The molecule has 1 saturated carbocycles. The van der Waals surface area contributed by atoms with Crippen LogP contribution in [0.25, 0.3) is 0 Å². The SMILES string of the molecule is CC(C)CN(C1CC1)S(=O)(=O)c1cc(S(C)(=O)=O)ccc1Br. The summed E-state index contributed by atoms with van der Waals surface area (Å²) >= 11 is 3.24. The predicted octanol–water partition coefficient (Wildman–Crippen LogP) is 2.66. The van der Waals surface area contributed by atoms with Crippen molar-refractivity contribution in [1.29, 1.82) is 0 Å². The lowest BCUT2D eigenvalue weighted by atomic mass is 10.2. The molecule has 0 N–H and O–H groups in total. The van der Waals surface area contributed by atoms with E-state index in [1.807, 2.05) is 13.8 Å². The molecule has 0 aromatic heterocycles. The smallest absolute Gasteiger partial charge is 0.224 e. The number of rotatable bonds is 6. The van der Waals surface area contributed by atoms with Gasteiger partial charge in [0, 0.05) is 23.3 Å². The van der Waals surface area contributed by atoms with Gasteiger partial charge in [0.15, 0.2) is 9.84 Å². The monoisotopic (exact) mass is 409 g/mol. The second kappa shape index (κ2) is 6.22. The zero-order valence-corrected chi connectivity index (χ0v) is 16.0. The van der Waals surface area contributed by atoms with Gasteiger partial charge in [0.2, 0.25) is 10.0 Å². The summed E-state index contributed by atoms with van der Waals surface area (Å²) in [5.41, 5.74) is 0. The molecule has 0 bridgehead atoms. The van der Waals surface area contributed by atoms with Gasteiger partial charge >= 0.3 is 0 Å². The van der Waals surface area contributed by atoms with Crippen LogP contribution in [-0.2, 0) is 19.9 Å². The molecule has 124 valence electrons. The highest BCUT2D eigenvalue weighted by Crippen LogP contribution is 2.35. The van der Waals surface area contributed by atoms with Crippen LogP contribution in [0.5, 0.6) is 0 Å². The third-order valence-corrected chi connectivity index (χ3v) is 7.44. The van der Waals surface area contributed by atoms with E-state index in [0.29, 0.717) is 11.0 Å². The Bertz CT molecular complexity index is 768. The summed E-state index contributed by atoms with van der Waals surface area (Å²) in [7, 11) is -7.18. The van der Waals surface area contributed by atoms with E-state index >= 15 is 0 Å². The molecule has 0 heterocycles. The van der Waals surface area contributed by atoms with Crippen molar-refractivity contribution in [1.82, 2.24) is 4.31 Å². The van der Waals surface area contributed by atoms with Crippen LogP contribution >= 0.6 is 15.9 Å². The number of benzene rings is 1. The molecule has 1 aliphatic rings. The lowest BCUT2D eigenvalue weighted by Gasteiger charge is -2.24. The van der Waals surface area contributed by atoms with Gasteiger partial charge in [-0.15, -0.1) is 0 Å². The van der Waals surface area contributed by atoms with E-state index in [4.69, 9.17) is 0 Å². The Labute approximate surface area is 140 Å². The number of hydrogen-bond acceptors (Lipinski definition) is 4. The quantitative estimate of drug-likeness (QED) is 0.723. The van der Waals surface area contributed by atoms with Crippen molar-refractivity contribution in [3.63, 3.8) is 0 Å².